The van der Waals surface area contributed by atoms with Crippen LogP contribution in [0.5, 0.6) is 5.75 Å². The number of aromatic nitrogens is 5. The molecule has 32 heavy (non-hydrogen) atoms. The van der Waals surface area contributed by atoms with Crippen molar-refractivity contribution in [3.8, 4) is 5.75 Å². The number of hydrogen-bond donors (Lipinski definition) is 3. The van der Waals surface area contributed by atoms with Gasteiger partial charge in [-0.25, -0.2) is 4.98 Å². The highest BCUT2D eigenvalue weighted by molar-refractivity contribution is 6.32. The molecule has 0 saturated carbocycles. The quantitative estimate of drug-likeness (QED) is 0.422. The van der Waals surface area contributed by atoms with Crippen LogP contribution in [0.1, 0.15) is 19.8 Å². The summed E-state index contributed by atoms with van der Waals surface area (Å²) in [4.78, 5) is 20.1. The first-order valence-electron chi connectivity index (χ1n) is 10.7. The molecule has 3 aromatic rings. The van der Waals surface area contributed by atoms with Crippen molar-refractivity contribution in [2.45, 2.75) is 32.5 Å². The smallest absolute Gasteiger partial charge is 0.233 e. The van der Waals surface area contributed by atoms with E-state index in [9.17, 15) is 0 Å². The van der Waals surface area contributed by atoms with Gasteiger partial charge in [-0.2, -0.15) is 15.0 Å². The van der Waals surface area contributed by atoms with Crippen LogP contribution in [0, 0.1) is 0 Å². The minimum atomic E-state index is 0.413. The molecule has 170 valence electrons. The lowest BCUT2D eigenvalue weighted by molar-refractivity contribution is 0.277. The maximum atomic E-state index is 6.26. The number of anilines is 4. The third-order valence-corrected chi connectivity index (χ3v) is 5.72. The SMILES string of the molecule is CCN1CCCC1CNc1nc(NCn2ccnc2)nc(Nc2ccc(OC)c(Cl)c2)n1. The summed E-state index contributed by atoms with van der Waals surface area (Å²) in [6.07, 6.45) is 7.72. The monoisotopic (exact) mass is 457 g/mol. The highest BCUT2D eigenvalue weighted by Gasteiger charge is 2.23. The number of likely N-dealkylation sites (tertiary alicyclic amines) is 1. The van der Waals surface area contributed by atoms with E-state index in [0.717, 1.165) is 25.3 Å². The fraction of sp³-hybridized carbons (Fsp3) is 0.429. The number of ether oxygens (including phenoxy) is 1. The summed E-state index contributed by atoms with van der Waals surface area (Å²) in [5, 5.41) is 10.3. The summed E-state index contributed by atoms with van der Waals surface area (Å²) < 4.78 is 7.12. The number of imidazole rings is 1. The summed E-state index contributed by atoms with van der Waals surface area (Å²) in [6, 6.07) is 5.91. The standard InChI is InChI=1S/C21H28ClN9O/c1-3-31-9-4-5-16(31)12-24-19-27-20(25-14-30-10-8-23-13-30)29-21(28-19)26-15-6-7-18(32-2)17(22)11-15/h6-8,10-11,13,16H,3-5,9,12,14H2,1-2H3,(H3,24,25,26,27,28,29). The van der Waals surface area contributed by atoms with Crippen molar-refractivity contribution in [2.75, 3.05) is 42.7 Å². The Balaban J connectivity index is 1.51. The topological polar surface area (TPSA) is 105 Å². The predicted octanol–water partition coefficient (Wildman–Crippen LogP) is 3.44. The maximum absolute atomic E-state index is 6.26. The molecule has 1 aromatic carbocycles. The van der Waals surface area contributed by atoms with Gasteiger partial charge in [-0.3, -0.25) is 4.90 Å². The van der Waals surface area contributed by atoms with Crippen LogP contribution in [0.15, 0.2) is 36.9 Å². The van der Waals surface area contributed by atoms with Gasteiger partial charge in [0.05, 0.1) is 25.1 Å². The van der Waals surface area contributed by atoms with Gasteiger partial charge in [0.2, 0.25) is 17.8 Å². The molecule has 1 aliphatic heterocycles. The molecule has 2 aromatic heterocycles. The number of likely N-dealkylation sites (N-methyl/N-ethyl adjacent to an activating group) is 1. The van der Waals surface area contributed by atoms with E-state index in [2.05, 4.69) is 47.7 Å². The first-order chi connectivity index (χ1) is 15.6. The summed E-state index contributed by atoms with van der Waals surface area (Å²) in [6.45, 7) is 5.66. The second kappa shape index (κ2) is 10.5. The van der Waals surface area contributed by atoms with Crippen LogP contribution in [0.4, 0.5) is 23.5 Å². The zero-order chi connectivity index (χ0) is 22.3. The molecule has 1 saturated heterocycles. The van der Waals surface area contributed by atoms with Gasteiger partial charge in [0, 0.05) is 30.7 Å². The first-order valence-corrected chi connectivity index (χ1v) is 11.1. The molecule has 0 aliphatic carbocycles. The molecule has 10 nitrogen and oxygen atoms in total. The molecule has 1 atom stereocenters. The summed E-state index contributed by atoms with van der Waals surface area (Å²) in [5.41, 5.74) is 0.751. The largest absolute Gasteiger partial charge is 0.495 e. The van der Waals surface area contributed by atoms with Crippen molar-refractivity contribution in [3.05, 3.63) is 41.9 Å². The fourth-order valence-corrected chi connectivity index (χ4v) is 4.01. The van der Waals surface area contributed by atoms with Crippen molar-refractivity contribution in [3.63, 3.8) is 0 Å². The fourth-order valence-electron chi connectivity index (χ4n) is 3.76. The van der Waals surface area contributed by atoms with E-state index in [4.69, 9.17) is 16.3 Å². The molecular weight excluding hydrogens is 430 g/mol. The van der Waals surface area contributed by atoms with Crippen LogP contribution in [0.2, 0.25) is 5.02 Å². The minimum Gasteiger partial charge on any atom is -0.495 e. The molecule has 3 heterocycles. The summed E-state index contributed by atoms with van der Waals surface area (Å²) in [7, 11) is 1.58. The highest BCUT2D eigenvalue weighted by Crippen LogP contribution is 2.28. The van der Waals surface area contributed by atoms with Crippen molar-refractivity contribution >= 4 is 35.1 Å². The van der Waals surface area contributed by atoms with E-state index < -0.39 is 0 Å². The lowest BCUT2D eigenvalue weighted by atomic mass is 10.2. The van der Waals surface area contributed by atoms with E-state index in [-0.39, 0.29) is 0 Å². The molecule has 1 fully saturated rings. The molecule has 0 amide bonds. The molecule has 0 radical (unpaired) electrons. The Morgan fingerprint density at radius 1 is 1.16 bits per heavy atom. The van der Waals surface area contributed by atoms with Crippen LogP contribution in [0.3, 0.4) is 0 Å². The molecule has 1 aliphatic rings. The van der Waals surface area contributed by atoms with Crippen molar-refractivity contribution in [1.29, 1.82) is 0 Å². The third-order valence-electron chi connectivity index (χ3n) is 5.42. The number of nitrogens with zero attached hydrogens (tertiary/aromatic N) is 6. The van der Waals surface area contributed by atoms with E-state index in [0.29, 0.717) is 41.3 Å². The molecule has 0 spiro atoms. The van der Waals surface area contributed by atoms with Crippen LogP contribution < -0.4 is 20.7 Å². The highest BCUT2D eigenvalue weighted by atomic mass is 35.5. The molecule has 0 bridgehead atoms. The van der Waals surface area contributed by atoms with Crippen molar-refractivity contribution in [2.24, 2.45) is 0 Å². The number of nitrogens with one attached hydrogen (secondary N) is 3. The number of hydrogen-bond acceptors (Lipinski definition) is 9. The van der Waals surface area contributed by atoms with E-state index >= 15 is 0 Å². The Morgan fingerprint density at radius 2 is 1.97 bits per heavy atom. The zero-order valence-corrected chi connectivity index (χ0v) is 19.0. The Bertz CT molecular complexity index is 1010. The van der Waals surface area contributed by atoms with Crippen molar-refractivity contribution < 1.29 is 4.74 Å². The number of benzene rings is 1. The van der Waals surface area contributed by atoms with E-state index in [1.807, 2.05) is 16.8 Å². The Hall–Kier alpha value is -3.11. The molecule has 4 rings (SSSR count). The maximum Gasteiger partial charge on any atom is 0.233 e. The Morgan fingerprint density at radius 3 is 2.69 bits per heavy atom. The van der Waals surface area contributed by atoms with Gasteiger partial charge < -0.3 is 25.3 Å². The molecule has 3 N–H and O–H groups in total. The normalized spacial score (nSPS) is 16.2. The number of methoxy groups -OCH3 is 1. The summed E-state index contributed by atoms with van der Waals surface area (Å²) >= 11 is 6.26. The van der Waals surface area contributed by atoms with Crippen LogP contribution in [-0.2, 0) is 6.67 Å². The first kappa shape index (κ1) is 22.1. The van der Waals surface area contributed by atoms with Gasteiger partial charge >= 0.3 is 0 Å². The number of rotatable bonds is 10. The predicted molar refractivity (Wildman–Crippen MR) is 126 cm³/mol. The third kappa shape index (κ3) is 5.57. The summed E-state index contributed by atoms with van der Waals surface area (Å²) in [5.74, 6) is 1.99. The van der Waals surface area contributed by atoms with Gasteiger partial charge in [0.25, 0.3) is 0 Å². The minimum absolute atomic E-state index is 0.413. The van der Waals surface area contributed by atoms with Gasteiger partial charge in [0.15, 0.2) is 0 Å². The average molecular weight is 458 g/mol. The molecule has 1 unspecified atom stereocenters. The van der Waals surface area contributed by atoms with Crippen LogP contribution in [-0.4, -0.2) is 62.2 Å². The second-order valence-electron chi connectivity index (χ2n) is 7.50. The van der Waals surface area contributed by atoms with Crippen LogP contribution >= 0.6 is 11.6 Å². The lowest BCUT2D eigenvalue weighted by Gasteiger charge is -2.23. The zero-order valence-electron chi connectivity index (χ0n) is 18.3. The van der Waals surface area contributed by atoms with Gasteiger partial charge in [-0.1, -0.05) is 18.5 Å². The molecule has 11 heteroatoms. The average Bonchev–Trinajstić information content (AvgIpc) is 3.48. The molecular formula is C21H28ClN9O. The van der Waals surface area contributed by atoms with E-state index in [1.54, 1.807) is 31.8 Å². The van der Waals surface area contributed by atoms with Gasteiger partial charge in [-0.15, -0.1) is 0 Å². The van der Waals surface area contributed by atoms with Crippen molar-refractivity contribution in [1.82, 2.24) is 29.4 Å². The van der Waals surface area contributed by atoms with Gasteiger partial charge in [0.1, 0.15) is 5.75 Å². The number of halogens is 1. The van der Waals surface area contributed by atoms with Gasteiger partial charge in [-0.05, 0) is 44.1 Å². The van der Waals surface area contributed by atoms with Crippen LogP contribution in [0.25, 0.3) is 0 Å². The lowest BCUT2D eigenvalue weighted by Crippen LogP contribution is -2.35. The second-order valence-corrected chi connectivity index (χ2v) is 7.91. The Labute approximate surface area is 192 Å². The van der Waals surface area contributed by atoms with E-state index in [1.165, 1.54) is 12.8 Å². The Kier molecular flexibility index (Phi) is 7.23.